The van der Waals surface area contributed by atoms with Gasteiger partial charge in [0.1, 0.15) is 5.92 Å². The van der Waals surface area contributed by atoms with Crippen molar-refractivity contribution in [2.75, 3.05) is 9.96 Å². The summed E-state index contributed by atoms with van der Waals surface area (Å²) in [6.45, 7) is 2.01. The zero-order chi connectivity index (χ0) is 21.7. The van der Waals surface area contributed by atoms with Crippen LogP contribution in [0.3, 0.4) is 0 Å². The normalized spacial score (nSPS) is 22.9. The smallest absolute Gasteiger partial charge is 0.266 e. The molecular weight excluding hydrogens is 480 g/mol. The first-order valence-electron chi connectivity index (χ1n) is 9.85. The maximum absolute atomic E-state index is 13.5. The Morgan fingerprint density at radius 3 is 2.10 bits per heavy atom. The number of halogens is 2. The third-order valence-corrected chi connectivity index (χ3v) is 6.48. The average Bonchev–Trinajstić information content (AvgIpc) is 3.26. The molecule has 3 aromatic carbocycles. The van der Waals surface area contributed by atoms with E-state index in [0.29, 0.717) is 10.7 Å². The van der Waals surface area contributed by atoms with Crippen LogP contribution in [0.5, 0.6) is 0 Å². The fourth-order valence-corrected chi connectivity index (χ4v) is 4.56. The number of aryl methyl sites for hydroxylation is 1. The first-order valence-corrected chi connectivity index (χ1v) is 11.0. The fourth-order valence-electron chi connectivity index (χ4n) is 4.17. The number of hydrogen-bond donors (Lipinski definition) is 0. The molecule has 0 saturated carbocycles. The molecule has 2 fully saturated rings. The van der Waals surface area contributed by atoms with Crippen molar-refractivity contribution in [1.29, 1.82) is 0 Å². The van der Waals surface area contributed by atoms with Crippen molar-refractivity contribution < 1.29 is 14.4 Å². The molecule has 0 unspecified atom stereocenters. The maximum Gasteiger partial charge on any atom is 0.266 e. The minimum Gasteiger partial charge on any atom is -0.273 e. The van der Waals surface area contributed by atoms with Gasteiger partial charge in [-0.25, -0.2) is 9.96 Å². The number of anilines is 2. The number of carbonyl (C=O) groups is 2. The molecule has 156 valence electrons. The molecule has 5 nitrogen and oxygen atoms in total. The van der Waals surface area contributed by atoms with Crippen molar-refractivity contribution in [1.82, 2.24) is 0 Å². The molecule has 3 atom stereocenters. The zero-order valence-electron chi connectivity index (χ0n) is 16.5. The van der Waals surface area contributed by atoms with Crippen LogP contribution in [-0.2, 0) is 14.4 Å². The van der Waals surface area contributed by atoms with Gasteiger partial charge in [-0.05, 0) is 61.0 Å². The Kier molecular flexibility index (Phi) is 5.08. The van der Waals surface area contributed by atoms with E-state index in [9.17, 15) is 9.59 Å². The summed E-state index contributed by atoms with van der Waals surface area (Å²) in [6.07, 6.45) is -0.891. The summed E-state index contributed by atoms with van der Waals surface area (Å²) in [7, 11) is 0. The van der Waals surface area contributed by atoms with Gasteiger partial charge in [0.05, 0.1) is 17.4 Å². The summed E-state index contributed by atoms with van der Waals surface area (Å²) in [5.74, 6) is -1.28. The number of hydrogen-bond acceptors (Lipinski definition) is 4. The standard InChI is InChI=1S/C24H18BrClN2O3/c1-14-2-4-15(5-3-14)21-20-22(31-28(21)19-12-8-17(26)9-13-19)24(30)27(23(20)29)18-10-6-16(25)7-11-18/h2-13,20-22H,1H3/t20-,21+,22-/m1/s1. The molecule has 0 radical (unpaired) electrons. The Bertz CT molecular complexity index is 1150. The Morgan fingerprint density at radius 2 is 1.45 bits per heavy atom. The van der Waals surface area contributed by atoms with Gasteiger partial charge < -0.3 is 0 Å². The van der Waals surface area contributed by atoms with E-state index in [-0.39, 0.29) is 11.8 Å². The Morgan fingerprint density at radius 1 is 0.839 bits per heavy atom. The highest BCUT2D eigenvalue weighted by molar-refractivity contribution is 9.10. The van der Waals surface area contributed by atoms with Crippen molar-refractivity contribution in [2.45, 2.75) is 19.1 Å². The van der Waals surface area contributed by atoms with Gasteiger partial charge in [-0.1, -0.05) is 57.4 Å². The number of hydroxylamine groups is 1. The lowest BCUT2D eigenvalue weighted by Crippen LogP contribution is -2.37. The van der Waals surface area contributed by atoms with E-state index in [1.54, 1.807) is 29.3 Å². The lowest BCUT2D eigenvalue weighted by molar-refractivity contribution is -0.126. The van der Waals surface area contributed by atoms with Gasteiger partial charge in [-0.2, -0.15) is 0 Å². The second-order valence-corrected chi connectivity index (χ2v) is 9.05. The van der Waals surface area contributed by atoms with Gasteiger partial charge in [-0.15, -0.1) is 0 Å². The Hall–Kier alpha value is -2.67. The molecule has 2 saturated heterocycles. The van der Waals surface area contributed by atoms with Gasteiger partial charge in [0, 0.05) is 9.50 Å². The van der Waals surface area contributed by atoms with E-state index in [4.69, 9.17) is 16.4 Å². The monoisotopic (exact) mass is 496 g/mol. The molecule has 0 bridgehead atoms. The Balaban J connectivity index is 1.57. The lowest BCUT2D eigenvalue weighted by Gasteiger charge is -2.29. The van der Waals surface area contributed by atoms with Gasteiger partial charge in [0.15, 0.2) is 6.10 Å². The second-order valence-electron chi connectivity index (χ2n) is 7.70. The fraction of sp³-hybridized carbons (Fsp3) is 0.167. The summed E-state index contributed by atoms with van der Waals surface area (Å²) in [4.78, 5) is 34.2. The number of fused-ring (bicyclic) bond motifs is 1. The summed E-state index contributed by atoms with van der Waals surface area (Å²) >= 11 is 9.44. The van der Waals surface area contributed by atoms with Crippen molar-refractivity contribution in [3.05, 3.63) is 93.4 Å². The van der Waals surface area contributed by atoms with E-state index in [0.717, 1.165) is 21.3 Å². The third-order valence-electron chi connectivity index (χ3n) is 5.70. The van der Waals surface area contributed by atoms with Crippen LogP contribution in [0, 0.1) is 12.8 Å². The van der Waals surface area contributed by atoms with Gasteiger partial charge >= 0.3 is 0 Å². The molecule has 0 aromatic heterocycles. The van der Waals surface area contributed by atoms with Crippen LogP contribution >= 0.6 is 27.5 Å². The average molecular weight is 498 g/mol. The molecule has 2 heterocycles. The van der Waals surface area contributed by atoms with E-state index >= 15 is 0 Å². The second kappa shape index (κ2) is 7.79. The van der Waals surface area contributed by atoms with E-state index in [1.165, 1.54) is 4.90 Å². The van der Waals surface area contributed by atoms with E-state index < -0.39 is 18.1 Å². The van der Waals surface area contributed by atoms with E-state index in [1.807, 2.05) is 55.5 Å². The van der Waals surface area contributed by atoms with Gasteiger partial charge in [0.25, 0.3) is 5.91 Å². The Labute approximate surface area is 193 Å². The largest absolute Gasteiger partial charge is 0.273 e. The van der Waals surface area contributed by atoms with Crippen LogP contribution in [0.15, 0.2) is 77.3 Å². The quantitative estimate of drug-likeness (QED) is 0.451. The highest BCUT2D eigenvalue weighted by Crippen LogP contribution is 2.47. The predicted molar refractivity (Wildman–Crippen MR) is 123 cm³/mol. The van der Waals surface area contributed by atoms with Crippen LogP contribution in [0.1, 0.15) is 17.2 Å². The summed E-state index contributed by atoms with van der Waals surface area (Å²) in [6, 6.07) is 21.8. The summed E-state index contributed by atoms with van der Waals surface area (Å²) in [5.41, 5.74) is 3.30. The molecule has 7 heteroatoms. The molecule has 2 amide bonds. The van der Waals surface area contributed by atoms with Crippen molar-refractivity contribution >= 4 is 50.7 Å². The summed E-state index contributed by atoms with van der Waals surface area (Å²) in [5, 5.41) is 2.27. The molecule has 0 aliphatic carbocycles. The van der Waals surface area contributed by atoms with Crippen molar-refractivity contribution in [3.8, 4) is 0 Å². The molecule has 2 aliphatic heterocycles. The predicted octanol–water partition coefficient (Wildman–Crippen LogP) is 5.46. The molecule has 5 rings (SSSR count). The topological polar surface area (TPSA) is 49.9 Å². The SMILES string of the molecule is Cc1ccc([C@H]2[C@H]3C(=O)N(c4ccc(Br)cc4)C(=O)[C@@H]3ON2c2ccc(Cl)cc2)cc1. The third kappa shape index (κ3) is 3.45. The summed E-state index contributed by atoms with van der Waals surface area (Å²) < 4.78 is 0.873. The number of carbonyl (C=O) groups excluding carboxylic acids is 2. The molecule has 0 spiro atoms. The van der Waals surface area contributed by atoms with E-state index in [2.05, 4.69) is 15.9 Å². The highest BCUT2D eigenvalue weighted by Gasteiger charge is 2.60. The first-order chi connectivity index (χ1) is 14.9. The van der Waals surface area contributed by atoms with Crippen LogP contribution in [0.4, 0.5) is 11.4 Å². The van der Waals surface area contributed by atoms with Crippen LogP contribution in [-0.4, -0.2) is 17.9 Å². The van der Waals surface area contributed by atoms with Gasteiger partial charge in [-0.3, -0.25) is 14.4 Å². The van der Waals surface area contributed by atoms with Crippen molar-refractivity contribution in [2.24, 2.45) is 5.92 Å². The number of nitrogens with zero attached hydrogens (tertiary/aromatic N) is 2. The molecule has 2 aliphatic rings. The van der Waals surface area contributed by atoms with Crippen molar-refractivity contribution in [3.63, 3.8) is 0 Å². The van der Waals surface area contributed by atoms with Gasteiger partial charge in [0.2, 0.25) is 5.91 Å². The molecule has 31 heavy (non-hydrogen) atoms. The maximum atomic E-state index is 13.5. The minimum absolute atomic E-state index is 0.264. The molecule has 0 N–H and O–H groups in total. The molecular formula is C24H18BrClN2O3. The minimum atomic E-state index is -0.891. The van der Waals surface area contributed by atoms with Crippen LogP contribution in [0.2, 0.25) is 5.02 Å². The number of imide groups is 1. The molecule has 3 aromatic rings. The number of amides is 2. The number of benzene rings is 3. The lowest BCUT2D eigenvalue weighted by atomic mass is 9.90. The number of rotatable bonds is 3. The highest BCUT2D eigenvalue weighted by atomic mass is 79.9. The first kappa shape index (κ1) is 20.2. The van der Waals surface area contributed by atoms with Crippen LogP contribution in [0.25, 0.3) is 0 Å². The van der Waals surface area contributed by atoms with Crippen LogP contribution < -0.4 is 9.96 Å². The zero-order valence-corrected chi connectivity index (χ0v) is 18.9.